The Hall–Kier alpha value is -2.55. The third-order valence-electron chi connectivity index (χ3n) is 3.56. The Labute approximate surface area is 148 Å². The summed E-state index contributed by atoms with van der Waals surface area (Å²) in [5, 5.41) is 0. The van der Waals surface area contributed by atoms with Gasteiger partial charge in [-0.15, -0.1) is 0 Å². The van der Waals surface area contributed by atoms with Crippen LogP contribution in [0.25, 0.3) is 11.1 Å². The van der Waals surface area contributed by atoms with E-state index in [-0.39, 0.29) is 16.8 Å². The number of carbonyl (C=O) groups is 1. The summed E-state index contributed by atoms with van der Waals surface area (Å²) >= 11 is 0. The van der Waals surface area contributed by atoms with E-state index in [2.05, 4.69) is 9.46 Å². The Morgan fingerprint density at radius 3 is 2.31 bits per heavy atom. The predicted molar refractivity (Wildman–Crippen MR) is 90.3 cm³/mol. The molecule has 0 aromatic heterocycles. The monoisotopic (exact) mass is 387 g/mol. The largest absolute Gasteiger partial charge is 0.469 e. The van der Waals surface area contributed by atoms with Crippen LogP contribution < -0.4 is 4.72 Å². The number of ether oxygens (including phenoxy) is 1. The van der Waals surface area contributed by atoms with Gasteiger partial charge >= 0.3 is 5.97 Å². The molecule has 5 nitrogen and oxygen atoms in total. The molecule has 9 heteroatoms. The molecule has 0 radical (unpaired) electrons. The van der Waals surface area contributed by atoms with Crippen LogP contribution in [0.3, 0.4) is 0 Å². The second-order valence-electron chi connectivity index (χ2n) is 5.61. The lowest BCUT2D eigenvalue weighted by Crippen LogP contribution is -2.27. The quantitative estimate of drug-likeness (QED) is 0.610. The lowest BCUT2D eigenvalue weighted by molar-refractivity contribution is -0.144. The number of halogens is 3. The second-order valence-corrected chi connectivity index (χ2v) is 7.37. The molecule has 0 saturated carbocycles. The zero-order chi connectivity index (χ0) is 19.5. The topological polar surface area (TPSA) is 72.5 Å². The maximum atomic E-state index is 13.5. The minimum absolute atomic E-state index is 0.0370. The predicted octanol–water partition coefficient (Wildman–Crippen LogP) is 3.32. The third-order valence-corrected chi connectivity index (χ3v) is 5.03. The summed E-state index contributed by atoms with van der Waals surface area (Å²) in [5.41, 5.74) is 0.148. The third kappa shape index (κ3) is 4.54. The van der Waals surface area contributed by atoms with Gasteiger partial charge in [-0.2, -0.15) is 0 Å². The van der Waals surface area contributed by atoms with E-state index in [0.29, 0.717) is 0 Å². The summed E-state index contributed by atoms with van der Waals surface area (Å²) < 4.78 is 71.4. The van der Waals surface area contributed by atoms with Gasteiger partial charge in [0.1, 0.15) is 0 Å². The molecule has 0 heterocycles. The van der Waals surface area contributed by atoms with Crippen molar-refractivity contribution in [1.29, 1.82) is 0 Å². The Bertz CT molecular complexity index is 908. The first kappa shape index (κ1) is 19.8. The number of rotatable bonds is 6. The Balaban J connectivity index is 2.37. The van der Waals surface area contributed by atoms with E-state index in [1.807, 2.05) is 0 Å². The molecule has 1 atom stereocenters. The van der Waals surface area contributed by atoms with Gasteiger partial charge in [0.2, 0.25) is 10.0 Å². The number of nitrogens with one attached hydrogen (secondary N) is 1. The minimum Gasteiger partial charge on any atom is -0.469 e. The first-order valence-electron chi connectivity index (χ1n) is 7.47. The number of methoxy groups -OCH3 is 1. The molecule has 0 fully saturated rings. The van der Waals surface area contributed by atoms with E-state index in [1.165, 1.54) is 31.2 Å². The van der Waals surface area contributed by atoms with E-state index in [1.54, 1.807) is 0 Å². The van der Waals surface area contributed by atoms with Crippen LogP contribution in [0, 0.1) is 23.4 Å². The van der Waals surface area contributed by atoms with Crippen molar-refractivity contribution >= 4 is 21.7 Å². The molecule has 2 aromatic rings. The molecule has 2 aromatic carbocycles. The summed E-state index contributed by atoms with van der Waals surface area (Å²) in [6.45, 7) is 1.39. The van der Waals surface area contributed by atoms with Crippen molar-refractivity contribution in [3.05, 3.63) is 53.8 Å². The van der Waals surface area contributed by atoms with Crippen LogP contribution in [0.15, 0.2) is 36.4 Å². The molecule has 0 unspecified atom stereocenters. The van der Waals surface area contributed by atoms with Crippen molar-refractivity contribution in [3.63, 3.8) is 0 Å². The summed E-state index contributed by atoms with van der Waals surface area (Å²) in [5.74, 6) is -6.54. The first-order valence-corrected chi connectivity index (χ1v) is 9.12. The van der Waals surface area contributed by atoms with E-state index in [9.17, 15) is 26.4 Å². The highest BCUT2D eigenvalue weighted by atomic mass is 32.2. The molecular weight excluding hydrogens is 371 g/mol. The summed E-state index contributed by atoms with van der Waals surface area (Å²) in [4.78, 5) is 11.4. The average molecular weight is 387 g/mol. The van der Waals surface area contributed by atoms with Gasteiger partial charge in [0, 0.05) is 5.56 Å². The normalized spacial score (nSPS) is 12.5. The van der Waals surface area contributed by atoms with Crippen LogP contribution in [0.4, 0.5) is 18.9 Å². The standard InChI is InChI=1S/C17H16F3NO4S/c1-10(17(22)25-2)9-26(23,24)21-15-6-4-3-5-12(15)11-7-13(18)16(20)14(19)8-11/h3-8,10,21H,9H2,1-2H3/t10-/m0/s1. The number of esters is 1. The zero-order valence-corrected chi connectivity index (χ0v) is 14.7. The number of carbonyl (C=O) groups excluding carboxylic acids is 1. The van der Waals surface area contributed by atoms with Crippen molar-refractivity contribution in [1.82, 2.24) is 0 Å². The zero-order valence-electron chi connectivity index (χ0n) is 13.9. The van der Waals surface area contributed by atoms with Gasteiger partial charge in [-0.25, -0.2) is 21.6 Å². The highest BCUT2D eigenvalue weighted by Crippen LogP contribution is 2.30. The molecule has 0 aliphatic heterocycles. The Kier molecular flexibility index (Phi) is 5.91. The molecule has 0 aliphatic carbocycles. The van der Waals surface area contributed by atoms with Crippen molar-refractivity contribution in [2.75, 3.05) is 17.6 Å². The summed E-state index contributed by atoms with van der Waals surface area (Å²) in [6.07, 6.45) is 0. The van der Waals surface area contributed by atoms with Crippen LogP contribution in [0.5, 0.6) is 0 Å². The van der Waals surface area contributed by atoms with Crippen LogP contribution in [-0.4, -0.2) is 27.2 Å². The molecule has 0 aliphatic rings. The Morgan fingerprint density at radius 2 is 1.73 bits per heavy atom. The van der Waals surface area contributed by atoms with Crippen molar-refractivity contribution in [2.24, 2.45) is 5.92 Å². The fraction of sp³-hybridized carbons (Fsp3) is 0.235. The molecule has 0 saturated heterocycles. The number of para-hydroxylation sites is 1. The van der Waals surface area contributed by atoms with E-state index >= 15 is 0 Å². The van der Waals surface area contributed by atoms with Gasteiger partial charge in [0.25, 0.3) is 0 Å². The van der Waals surface area contributed by atoms with Crippen molar-refractivity contribution in [2.45, 2.75) is 6.92 Å². The Morgan fingerprint density at radius 1 is 1.15 bits per heavy atom. The molecule has 26 heavy (non-hydrogen) atoms. The van der Waals surface area contributed by atoms with Gasteiger partial charge in [-0.1, -0.05) is 25.1 Å². The van der Waals surface area contributed by atoms with Gasteiger partial charge < -0.3 is 4.74 Å². The molecule has 1 N–H and O–H groups in total. The lowest BCUT2D eigenvalue weighted by atomic mass is 10.0. The molecular formula is C17H16F3NO4S. The fourth-order valence-electron chi connectivity index (χ4n) is 2.34. The molecule has 2 rings (SSSR count). The van der Waals surface area contributed by atoms with Gasteiger partial charge in [-0.3, -0.25) is 9.52 Å². The maximum Gasteiger partial charge on any atom is 0.309 e. The maximum absolute atomic E-state index is 13.5. The second kappa shape index (κ2) is 7.77. The van der Waals surface area contributed by atoms with Crippen molar-refractivity contribution in [3.8, 4) is 11.1 Å². The van der Waals surface area contributed by atoms with Gasteiger partial charge in [0.15, 0.2) is 17.5 Å². The summed E-state index contributed by atoms with van der Waals surface area (Å²) in [7, 11) is -2.82. The number of hydrogen-bond acceptors (Lipinski definition) is 4. The fourth-order valence-corrected chi connectivity index (χ4v) is 3.73. The number of benzene rings is 2. The lowest BCUT2D eigenvalue weighted by Gasteiger charge is -2.15. The number of anilines is 1. The summed E-state index contributed by atoms with van der Waals surface area (Å²) in [6, 6.07) is 7.39. The van der Waals surface area contributed by atoms with Crippen LogP contribution >= 0.6 is 0 Å². The van der Waals surface area contributed by atoms with Crippen LogP contribution in [0.1, 0.15) is 6.92 Å². The van der Waals surface area contributed by atoms with E-state index in [0.717, 1.165) is 19.2 Å². The highest BCUT2D eigenvalue weighted by Gasteiger charge is 2.23. The average Bonchev–Trinajstić information content (AvgIpc) is 2.58. The number of sulfonamides is 1. The molecule has 140 valence electrons. The minimum atomic E-state index is -3.96. The van der Waals surface area contributed by atoms with E-state index < -0.39 is 45.1 Å². The van der Waals surface area contributed by atoms with Crippen molar-refractivity contribution < 1.29 is 31.1 Å². The SMILES string of the molecule is COC(=O)[C@@H](C)CS(=O)(=O)Nc1ccccc1-c1cc(F)c(F)c(F)c1. The molecule has 0 amide bonds. The number of hydrogen-bond donors (Lipinski definition) is 1. The van der Waals surface area contributed by atoms with Crippen LogP contribution in [-0.2, 0) is 19.6 Å². The van der Waals surface area contributed by atoms with Crippen LogP contribution in [0.2, 0.25) is 0 Å². The van der Waals surface area contributed by atoms with Gasteiger partial charge in [0.05, 0.1) is 24.5 Å². The molecule has 0 spiro atoms. The van der Waals surface area contributed by atoms with Gasteiger partial charge in [-0.05, 0) is 23.8 Å². The smallest absolute Gasteiger partial charge is 0.309 e. The first-order chi connectivity index (χ1) is 12.1. The highest BCUT2D eigenvalue weighted by molar-refractivity contribution is 7.92. The van der Waals surface area contributed by atoms with E-state index in [4.69, 9.17) is 0 Å². The molecule has 0 bridgehead atoms.